The smallest absolute Gasteiger partial charge is 0.234 e. The van der Waals surface area contributed by atoms with Crippen molar-refractivity contribution in [3.63, 3.8) is 0 Å². The van der Waals surface area contributed by atoms with Crippen molar-refractivity contribution in [3.05, 3.63) is 22.4 Å². The molecule has 0 spiro atoms. The van der Waals surface area contributed by atoms with Gasteiger partial charge in [-0.3, -0.25) is 15.0 Å². The number of hydrogen-bond acceptors (Lipinski definition) is 5. The number of likely N-dealkylation sites (N-methyl/N-ethyl adjacent to an activating group) is 1. The van der Waals surface area contributed by atoms with Crippen LogP contribution in [-0.4, -0.2) is 54.8 Å². The zero-order valence-electron chi connectivity index (χ0n) is 11.1. The van der Waals surface area contributed by atoms with Crippen molar-refractivity contribution in [3.8, 4) is 0 Å². The van der Waals surface area contributed by atoms with E-state index in [0.29, 0.717) is 0 Å². The molecule has 0 unspecified atom stereocenters. The van der Waals surface area contributed by atoms with E-state index in [9.17, 15) is 9.59 Å². The molecule has 0 saturated carbocycles. The highest BCUT2D eigenvalue weighted by molar-refractivity contribution is 7.12. The number of ketones is 1. The summed E-state index contributed by atoms with van der Waals surface area (Å²) in [6.07, 6.45) is 0.531. The first-order valence-electron chi connectivity index (χ1n) is 6.45. The molecule has 1 aromatic heterocycles. The van der Waals surface area contributed by atoms with E-state index in [0.717, 1.165) is 31.1 Å². The summed E-state index contributed by atoms with van der Waals surface area (Å²) in [5.41, 5.74) is 2.86. The molecule has 0 aromatic carbocycles. The second-order valence-electron chi connectivity index (χ2n) is 4.73. The second kappa shape index (κ2) is 6.79. The van der Waals surface area contributed by atoms with Crippen LogP contribution in [0.1, 0.15) is 22.5 Å². The fraction of sp³-hybridized carbons (Fsp3) is 0.538. The summed E-state index contributed by atoms with van der Waals surface area (Å²) >= 11 is 1.42. The fourth-order valence-electron chi connectivity index (χ4n) is 1.94. The van der Waals surface area contributed by atoms with Gasteiger partial charge in [-0.25, -0.2) is 5.01 Å². The molecule has 1 aromatic rings. The number of piperazine rings is 1. The lowest BCUT2D eigenvalue weighted by Crippen LogP contribution is -2.52. The van der Waals surface area contributed by atoms with Crippen LogP contribution < -0.4 is 5.43 Å². The molecule has 1 fully saturated rings. The number of carbonyl (C=O) groups is 2. The fourth-order valence-corrected chi connectivity index (χ4v) is 2.63. The van der Waals surface area contributed by atoms with Gasteiger partial charge in [-0.1, -0.05) is 6.07 Å². The summed E-state index contributed by atoms with van der Waals surface area (Å²) < 4.78 is 0. The molecule has 104 valence electrons. The highest BCUT2D eigenvalue weighted by atomic mass is 32.1. The molecule has 1 aliphatic heterocycles. The van der Waals surface area contributed by atoms with Crippen LogP contribution in [0.15, 0.2) is 17.5 Å². The molecule has 2 heterocycles. The number of hydrazine groups is 1. The van der Waals surface area contributed by atoms with Crippen LogP contribution in [0.3, 0.4) is 0 Å². The number of rotatable bonds is 5. The van der Waals surface area contributed by atoms with Crippen LogP contribution in [-0.2, 0) is 4.79 Å². The Kier molecular flexibility index (Phi) is 5.07. The van der Waals surface area contributed by atoms with Gasteiger partial charge in [-0.15, -0.1) is 11.3 Å². The van der Waals surface area contributed by atoms with Crippen LogP contribution >= 0.6 is 11.3 Å². The normalized spacial score (nSPS) is 17.3. The largest absolute Gasteiger partial charge is 0.304 e. The Morgan fingerprint density at radius 1 is 1.26 bits per heavy atom. The maximum Gasteiger partial charge on any atom is 0.234 e. The Morgan fingerprint density at radius 2 is 2.00 bits per heavy atom. The summed E-state index contributed by atoms with van der Waals surface area (Å²) in [7, 11) is 2.07. The summed E-state index contributed by atoms with van der Waals surface area (Å²) in [4.78, 5) is 26.5. The molecule has 1 saturated heterocycles. The summed E-state index contributed by atoms with van der Waals surface area (Å²) in [6.45, 7) is 3.57. The Labute approximate surface area is 117 Å². The molecule has 5 nitrogen and oxygen atoms in total. The van der Waals surface area contributed by atoms with E-state index in [1.54, 1.807) is 6.07 Å². The molecular weight excluding hydrogens is 262 g/mol. The number of thiophene rings is 1. The number of amides is 1. The van der Waals surface area contributed by atoms with Gasteiger partial charge in [0.15, 0.2) is 5.78 Å². The molecule has 6 heteroatoms. The third-order valence-corrected chi connectivity index (χ3v) is 4.07. The molecule has 2 rings (SSSR count). The van der Waals surface area contributed by atoms with Crippen LogP contribution in [0.5, 0.6) is 0 Å². The predicted molar refractivity (Wildman–Crippen MR) is 75.1 cm³/mol. The van der Waals surface area contributed by atoms with Gasteiger partial charge in [0.25, 0.3) is 0 Å². The van der Waals surface area contributed by atoms with E-state index >= 15 is 0 Å². The SMILES string of the molecule is CN1CCN(NC(=O)CCC(=O)c2cccs2)CC1. The second-order valence-corrected chi connectivity index (χ2v) is 5.67. The molecule has 0 bridgehead atoms. The van der Waals surface area contributed by atoms with Crippen LogP contribution in [0, 0.1) is 0 Å². The van der Waals surface area contributed by atoms with Crippen molar-refractivity contribution in [1.29, 1.82) is 0 Å². The quantitative estimate of drug-likeness (QED) is 0.818. The topological polar surface area (TPSA) is 52.6 Å². The Hall–Kier alpha value is -1.24. The van der Waals surface area contributed by atoms with Crippen molar-refractivity contribution in [2.45, 2.75) is 12.8 Å². The average molecular weight is 281 g/mol. The first-order chi connectivity index (χ1) is 9.15. The average Bonchev–Trinajstić information content (AvgIpc) is 2.93. The lowest BCUT2D eigenvalue weighted by atomic mass is 10.2. The van der Waals surface area contributed by atoms with E-state index in [1.807, 2.05) is 16.5 Å². The summed E-state index contributed by atoms with van der Waals surface area (Å²) in [5, 5.41) is 3.80. The van der Waals surface area contributed by atoms with Crippen LogP contribution in [0.25, 0.3) is 0 Å². The number of Topliss-reactive ketones (excluding diaryl/α,β-unsaturated/α-hetero) is 1. The lowest BCUT2D eigenvalue weighted by Gasteiger charge is -2.32. The number of carbonyl (C=O) groups excluding carboxylic acids is 2. The van der Waals surface area contributed by atoms with Gasteiger partial charge in [-0.05, 0) is 18.5 Å². The lowest BCUT2D eigenvalue weighted by molar-refractivity contribution is -0.126. The van der Waals surface area contributed by atoms with Gasteiger partial charge in [0.1, 0.15) is 0 Å². The van der Waals surface area contributed by atoms with Gasteiger partial charge < -0.3 is 4.90 Å². The molecule has 0 aliphatic carbocycles. The third-order valence-electron chi connectivity index (χ3n) is 3.16. The standard InChI is InChI=1S/C13H19N3O2S/c1-15-6-8-16(9-7-15)14-13(18)5-4-11(17)12-3-2-10-19-12/h2-3,10H,4-9H2,1H3,(H,14,18). The summed E-state index contributed by atoms with van der Waals surface area (Å²) in [5.74, 6) is -0.0296. The van der Waals surface area contributed by atoms with Gasteiger partial charge >= 0.3 is 0 Å². The van der Waals surface area contributed by atoms with Crippen LogP contribution in [0.4, 0.5) is 0 Å². The molecule has 0 atom stereocenters. The van der Waals surface area contributed by atoms with Crippen molar-refractivity contribution < 1.29 is 9.59 Å². The number of nitrogens with zero attached hydrogens (tertiary/aromatic N) is 2. The number of hydrogen-bond donors (Lipinski definition) is 1. The van der Waals surface area contributed by atoms with E-state index < -0.39 is 0 Å². The Bertz CT molecular complexity index is 425. The van der Waals surface area contributed by atoms with E-state index in [-0.39, 0.29) is 24.5 Å². The van der Waals surface area contributed by atoms with Crippen molar-refractivity contribution in [2.75, 3.05) is 33.2 Å². The van der Waals surface area contributed by atoms with E-state index in [2.05, 4.69) is 17.4 Å². The van der Waals surface area contributed by atoms with E-state index in [4.69, 9.17) is 0 Å². The number of nitrogens with one attached hydrogen (secondary N) is 1. The van der Waals surface area contributed by atoms with Crippen molar-refractivity contribution in [1.82, 2.24) is 15.3 Å². The Morgan fingerprint density at radius 3 is 2.63 bits per heavy atom. The van der Waals surface area contributed by atoms with Crippen molar-refractivity contribution >= 4 is 23.0 Å². The molecule has 1 N–H and O–H groups in total. The Balaban J connectivity index is 1.69. The highest BCUT2D eigenvalue weighted by Gasteiger charge is 2.16. The molecule has 19 heavy (non-hydrogen) atoms. The third kappa shape index (κ3) is 4.41. The maximum absolute atomic E-state index is 11.8. The zero-order valence-corrected chi connectivity index (χ0v) is 11.9. The van der Waals surface area contributed by atoms with Gasteiger partial charge in [0.05, 0.1) is 4.88 Å². The maximum atomic E-state index is 11.8. The monoisotopic (exact) mass is 281 g/mol. The molecule has 1 amide bonds. The van der Waals surface area contributed by atoms with Gasteiger partial charge in [-0.2, -0.15) is 0 Å². The minimum absolute atomic E-state index is 0.0449. The van der Waals surface area contributed by atoms with E-state index in [1.165, 1.54) is 11.3 Å². The molecular formula is C13H19N3O2S. The molecule has 0 radical (unpaired) electrons. The minimum Gasteiger partial charge on any atom is -0.304 e. The van der Waals surface area contributed by atoms with Gasteiger partial charge in [0.2, 0.25) is 5.91 Å². The predicted octanol–water partition coefficient (Wildman–Crippen LogP) is 0.990. The van der Waals surface area contributed by atoms with Crippen LogP contribution in [0.2, 0.25) is 0 Å². The highest BCUT2D eigenvalue weighted by Crippen LogP contribution is 2.12. The van der Waals surface area contributed by atoms with Gasteiger partial charge in [0, 0.05) is 39.0 Å². The minimum atomic E-state index is -0.0746. The van der Waals surface area contributed by atoms with Crippen molar-refractivity contribution in [2.24, 2.45) is 0 Å². The first kappa shape index (κ1) is 14.2. The molecule has 1 aliphatic rings. The zero-order chi connectivity index (χ0) is 13.7. The summed E-state index contributed by atoms with van der Waals surface area (Å²) in [6, 6.07) is 3.65. The first-order valence-corrected chi connectivity index (χ1v) is 7.33.